The zero-order chi connectivity index (χ0) is 7.83. The van der Waals surface area contributed by atoms with Crippen LogP contribution in [0.4, 0.5) is 0 Å². The summed E-state index contributed by atoms with van der Waals surface area (Å²) in [6.07, 6.45) is 0. The second-order valence-corrected chi connectivity index (χ2v) is 8.70. The van der Waals surface area contributed by atoms with Crippen molar-refractivity contribution in [3.05, 3.63) is 0 Å². The molecular weight excluding hydrogens is 142 g/mol. The molecule has 0 radical (unpaired) electrons. The van der Waals surface area contributed by atoms with Gasteiger partial charge in [0.25, 0.3) is 0 Å². The lowest BCUT2D eigenvalue weighted by Gasteiger charge is -2.43. The summed E-state index contributed by atoms with van der Waals surface area (Å²) in [5, 5.41) is 3.22. The minimum absolute atomic E-state index is 0.157. The molecule has 2 nitrogen and oxygen atoms in total. The third-order valence-electron chi connectivity index (χ3n) is 1.55. The Kier molecular flexibility index (Phi) is 1.91. The van der Waals surface area contributed by atoms with E-state index in [0.717, 1.165) is 13.1 Å². The highest BCUT2D eigenvalue weighted by atomic mass is 28.4. The minimum atomic E-state index is -1.30. The molecule has 3 heteroatoms. The third-order valence-corrected chi connectivity index (χ3v) is 2.66. The number of hydrogen-bond acceptors (Lipinski definition) is 2. The molecule has 0 unspecified atom stereocenters. The van der Waals surface area contributed by atoms with E-state index in [1.54, 1.807) is 0 Å². The molecule has 0 saturated carbocycles. The van der Waals surface area contributed by atoms with Gasteiger partial charge in [-0.05, 0) is 26.6 Å². The molecule has 1 N–H and O–H groups in total. The van der Waals surface area contributed by atoms with Gasteiger partial charge in [-0.15, -0.1) is 0 Å². The first-order chi connectivity index (χ1) is 4.41. The normalized spacial score (nSPS) is 24.0. The van der Waals surface area contributed by atoms with Gasteiger partial charge in [-0.3, -0.25) is 0 Å². The van der Waals surface area contributed by atoms with E-state index in [1.165, 1.54) is 0 Å². The van der Waals surface area contributed by atoms with E-state index in [1.807, 2.05) is 0 Å². The van der Waals surface area contributed by atoms with Crippen molar-refractivity contribution in [3.8, 4) is 0 Å². The van der Waals surface area contributed by atoms with Crippen LogP contribution in [0.2, 0.25) is 19.6 Å². The van der Waals surface area contributed by atoms with E-state index in [-0.39, 0.29) is 5.60 Å². The summed E-state index contributed by atoms with van der Waals surface area (Å²) in [6.45, 7) is 10.9. The summed E-state index contributed by atoms with van der Waals surface area (Å²) in [7, 11) is -1.30. The minimum Gasteiger partial charge on any atom is -0.410 e. The maximum absolute atomic E-state index is 5.94. The number of hydrogen-bond donors (Lipinski definition) is 1. The van der Waals surface area contributed by atoms with Crippen molar-refractivity contribution in [1.29, 1.82) is 0 Å². The van der Waals surface area contributed by atoms with E-state index in [2.05, 4.69) is 31.9 Å². The molecule has 0 bridgehead atoms. The lowest BCUT2D eigenvalue weighted by atomic mass is 10.0. The van der Waals surface area contributed by atoms with Crippen LogP contribution in [-0.2, 0) is 4.43 Å². The molecule has 1 aliphatic rings. The van der Waals surface area contributed by atoms with Crippen LogP contribution in [0.5, 0.6) is 0 Å². The molecule has 0 aromatic rings. The molecule has 0 aromatic heterocycles. The molecule has 0 aromatic carbocycles. The Balaban J connectivity index is 2.37. The van der Waals surface area contributed by atoms with Gasteiger partial charge in [0.15, 0.2) is 8.32 Å². The van der Waals surface area contributed by atoms with Crippen LogP contribution in [-0.4, -0.2) is 27.0 Å². The average molecular weight is 159 g/mol. The third kappa shape index (κ3) is 2.07. The Labute approximate surface area is 64.1 Å². The van der Waals surface area contributed by atoms with Crippen molar-refractivity contribution in [1.82, 2.24) is 5.32 Å². The quantitative estimate of drug-likeness (QED) is 0.611. The molecule has 1 heterocycles. The van der Waals surface area contributed by atoms with Crippen LogP contribution in [0.25, 0.3) is 0 Å². The molecule has 1 saturated heterocycles. The fourth-order valence-corrected chi connectivity index (χ4v) is 2.91. The predicted molar refractivity (Wildman–Crippen MR) is 45.7 cm³/mol. The van der Waals surface area contributed by atoms with Crippen molar-refractivity contribution in [2.45, 2.75) is 32.2 Å². The Hall–Kier alpha value is 0.137. The molecule has 1 rings (SSSR count). The second-order valence-electron chi connectivity index (χ2n) is 4.27. The largest absolute Gasteiger partial charge is 0.410 e. The smallest absolute Gasteiger partial charge is 0.184 e. The topological polar surface area (TPSA) is 21.3 Å². The van der Waals surface area contributed by atoms with E-state index < -0.39 is 8.32 Å². The zero-order valence-electron chi connectivity index (χ0n) is 7.32. The first-order valence-electron chi connectivity index (χ1n) is 3.82. The van der Waals surface area contributed by atoms with Gasteiger partial charge in [0.1, 0.15) is 0 Å². The Morgan fingerprint density at radius 3 is 1.90 bits per heavy atom. The fraction of sp³-hybridized carbons (Fsp3) is 1.00. The Bertz CT molecular complexity index is 126. The van der Waals surface area contributed by atoms with Crippen LogP contribution >= 0.6 is 0 Å². The molecule has 1 aliphatic heterocycles. The summed E-state index contributed by atoms with van der Waals surface area (Å²) in [4.78, 5) is 0. The van der Waals surface area contributed by atoms with Crippen molar-refractivity contribution in [2.24, 2.45) is 0 Å². The van der Waals surface area contributed by atoms with Crippen LogP contribution in [0, 0.1) is 0 Å². The van der Waals surface area contributed by atoms with Gasteiger partial charge in [0, 0.05) is 13.1 Å². The monoisotopic (exact) mass is 159 g/mol. The van der Waals surface area contributed by atoms with Crippen LogP contribution < -0.4 is 5.32 Å². The van der Waals surface area contributed by atoms with E-state index in [4.69, 9.17) is 4.43 Å². The molecule has 1 fully saturated rings. The first-order valence-corrected chi connectivity index (χ1v) is 7.23. The van der Waals surface area contributed by atoms with E-state index in [0.29, 0.717) is 0 Å². The summed E-state index contributed by atoms with van der Waals surface area (Å²) < 4.78 is 5.94. The second kappa shape index (κ2) is 2.32. The molecular formula is C7H17NOSi. The van der Waals surface area contributed by atoms with Crippen molar-refractivity contribution < 1.29 is 4.43 Å². The lowest BCUT2D eigenvalue weighted by molar-refractivity contribution is 0.0273. The predicted octanol–water partition coefficient (Wildman–Crippen LogP) is 1.20. The van der Waals surface area contributed by atoms with Gasteiger partial charge in [-0.2, -0.15) is 0 Å². The first kappa shape index (κ1) is 8.24. The summed E-state index contributed by atoms with van der Waals surface area (Å²) in [5.41, 5.74) is 0.157. The van der Waals surface area contributed by atoms with Crippen LogP contribution in [0.1, 0.15) is 6.92 Å². The molecule has 10 heavy (non-hydrogen) atoms. The summed E-state index contributed by atoms with van der Waals surface area (Å²) >= 11 is 0. The van der Waals surface area contributed by atoms with Crippen molar-refractivity contribution in [2.75, 3.05) is 13.1 Å². The lowest BCUT2D eigenvalue weighted by Crippen LogP contribution is -2.62. The van der Waals surface area contributed by atoms with E-state index >= 15 is 0 Å². The maximum Gasteiger partial charge on any atom is 0.184 e. The summed E-state index contributed by atoms with van der Waals surface area (Å²) in [5.74, 6) is 0. The Morgan fingerprint density at radius 2 is 1.80 bits per heavy atom. The highest BCUT2D eigenvalue weighted by Gasteiger charge is 2.36. The van der Waals surface area contributed by atoms with Crippen LogP contribution in [0.3, 0.4) is 0 Å². The van der Waals surface area contributed by atoms with Gasteiger partial charge in [-0.1, -0.05) is 0 Å². The molecule has 0 amide bonds. The zero-order valence-corrected chi connectivity index (χ0v) is 8.32. The van der Waals surface area contributed by atoms with Gasteiger partial charge in [0.2, 0.25) is 0 Å². The van der Waals surface area contributed by atoms with Gasteiger partial charge in [0.05, 0.1) is 5.60 Å². The molecule has 0 spiro atoms. The average Bonchev–Trinajstić information content (AvgIpc) is 1.57. The SMILES string of the molecule is CC1(O[Si](C)(C)C)CNC1. The molecule has 60 valence electrons. The van der Waals surface area contributed by atoms with Gasteiger partial charge in [-0.25, -0.2) is 0 Å². The van der Waals surface area contributed by atoms with Crippen molar-refractivity contribution in [3.63, 3.8) is 0 Å². The number of rotatable bonds is 2. The maximum atomic E-state index is 5.94. The van der Waals surface area contributed by atoms with Crippen molar-refractivity contribution >= 4 is 8.32 Å². The molecule has 0 atom stereocenters. The highest BCUT2D eigenvalue weighted by molar-refractivity contribution is 6.69. The van der Waals surface area contributed by atoms with Crippen LogP contribution in [0.15, 0.2) is 0 Å². The van der Waals surface area contributed by atoms with Gasteiger partial charge >= 0.3 is 0 Å². The Morgan fingerprint density at radius 1 is 1.30 bits per heavy atom. The van der Waals surface area contributed by atoms with Gasteiger partial charge < -0.3 is 9.74 Å². The standard InChI is InChI=1S/C7H17NOSi/c1-7(5-8-6-7)9-10(2,3)4/h8H,5-6H2,1-4H3. The summed E-state index contributed by atoms with van der Waals surface area (Å²) in [6, 6.07) is 0. The number of nitrogens with one attached hydrogen (secondary N) is 1. The molecule has 0 aliphatic carbocycles. The fourth-order valence-electron chi connectivity index (χ4n) is 1.29. The highest BCUT2D eigenvalue weighted by Crippen LogP contribution is 2.20. The van der Waals surface area contributed by atoms with E-state index in [9.17, 15) is 0 Å².